The zero-order chi connectivity index (χ0) is 14.7. The van der Waals surface area contributed by atoms with Gasteiger partial charge in [0.25, 0.3) is 0 Å². The highest BCUT2D eigenvalue weighted by molar-refractivity contribution is 9.10. The van der Waals surface area contributed by atoms with Gasteiger partial charge in [0.15, 0.2) is 0 Å². The van der Waals surface area contributed by atoms with E-state index in [0.717, 1.165) is 15.7 Å². The van der Waals surface area contributed by atoms with Crippen LogP contribution in [0, 0.1) is 17.0 Å². The maximum absolute atomic E-state index is 11.1. The number of benzene rings is 1. The molecule has 0 bridgehead atoms. The van der Waals surface area contributed by atoms with Gasteiger partial charge in [0, 0.05) is 23.3 Å². The van der Waals surface area contributed by atoms with E-state index in [0.29, 0.717) is 5.82 Å². The lowest BCUT2D eigenvalue weighted by Gasteiger charge is -2.10. The molecule has 0 fully saturated rings. The van der Waals surface area contributed by atoms with Crippen molar-refractivity contribution in [3.05, 3.63) is 50.5 Å². The summed E-state index contributed by atoms with van der Waals surface area (Å²) in [5.41, 5.74) is 1.67. The zero-order valence-corrected chi connectivity index (χ0v) is 12.6. The summed E-state index contributed by atoms with van der Waals surface area (Å²) >= 11 is 3.38. The lowest BCUT2D eigenvalue weighted by Crippen LogP contribution is -2.03. The smallest absolute Gasteiger partial charge is 0.311 e. The monoisotopic (exact) mass is 336 g/mol. The SMILES string of the molecule is CNc1ccc([N+](=O)[O-])c(Nc2cc(Br)ccc2C)n1. The van der Waals surface area contributed by atoms with E-state index >= 15 is 0 Å². The predicted octanol–water partition coefficient (Wildman–Crippen LogP) is 3.85. The summed E-state index contributed by atoms with van der Waals surface area (Å²) in [6.07, 6.45) is 0. The van der Waals surface area contributed by atoms with Crippen molar-refractivity contribution in [2.75, 3.05) is 17.7 Å². The van der Waals surface area contributed by atoms with E-state index in [1.165, 1.54) is 6.07 Å². The fraction of sp³-hybridized carbons (Fsp3) is 0.154. The van der Waals surface area contributed by atoms with Crippen LogP contribution in [0.5, 0.6) is 0 Å². The minimum absolute atomic E-state index is 0.0663. The molecular formula is C13H13BrN4O2. The molecule has 1 aromatic carbocycles. The van der Waals surface area contributed by atoms with Gasteiger partial charge in [-0.15, -0.1) is 0 Å². The summed E-state index contributed by atoms with van der Waals surface area (Å²) < 4.78 is 0.887. The first kappa shape index (κ1) is 14.3. The van der Waals surface area contributed by atoms with Crippen LogP contribution in [-0.2, 0) is 0 Å². The molecule has 0 unspecified atom stereocenters. The first-order chi connectivity index (χ1) is 9.51. The highest BCUT2D eigenvalue weighted by Crippen LogP contribution is 2.29. The Morgan fingerprint density at radius 3 is 2.70 bits per heavy atom. The molecule has 104 valence electrons. The van der Waals surface area contributed by atoms with Crippen molar-refractivity contribution in [2.24, 2.45) is 0 Å². The molecule has 0 amide bonds. The number of pyridine rings is 1. The quantitative estimate of drug-likeness (QED) is 0.654. The van der Waals surface area contributed by atoms with Crippen LogP contribution in [0.4, 0.5) is 23.0 Å². The maximum Gasteiger partial charge on any atom is 0.311 e. The molecule has 20 heavy (non-hydrogen) atoms. The predicted molar refractivity (Wildman–Crippen MR) is 82.6 cm³/mol. The van der Waals surface area contributed by atoms with E-state index < -0.39 is 4.92 Å². The van der Waals surface area contributed by atoms with Crippen LogP contribution in [0.1, 0.15) is 5.56 Å². The molecular weight excluding hydrogens is 324 g/mol. The number of nitro groups is 1. The third kappa shape index (κ3) is 3.05. The van der Waals surface area contributed by atoms with Crippen molar-refractivity contribution in [3.63, 3.8) is 0 Å². The Kier molecular flexibility index (Phi) is 4.19. The minimum Gasteiger partial charge on any atom is -0.373 e. The summed E-state index contributed by atoms with van der Waals surface area (Å²) in [7, 11) is 1.71. The summed E-state index contributed by atoms with van der Waals surface area (Å²) in [5, 5.41) is 16.9. The van der Waals surface area contributed by atoms with Crippen LogP contribution in [0.15, 0.2) is 34.8 Å². The maximum atomic E-state index is 11.1. The second-order valence-corrected chi connectivity index (χ2v) is 5.07. The molecule has 1 heterocycles. The molecule has 7 heteroatoms. The van der Waals surface area contributed by atoms with Crippen molar-refractivity contribution in [2.45, 2.75) is 6.92 Å². The van der Waals surface area contributed by atoms with Gasteiger partial charge in [0.2, 0.25) is 5.82 Å². The Labute approximate surface area is 124 Å². The molecule has 0 atom stereocenters. The van der Waals surface area contributed by atoms with Gasteiger partial charge in [-0.3, -0.25) is 10.1 Å². The van der Waals surface area contributed by atoms with Crippen molar-refractivity contribution in [1.82, 2.24) is 4.98 Å². The number of halogens is 1. The molecule has 2 aromatic rings. The van der Waals surface area contributed by atoms with Crippen molar-refractivity contribution in [1.29, 1.82) is 0 Å². The molecule has 0 aliphatic rings. The number of aromatic nitrogens is 1. The van der Waals surface area contributed by atoms with Crippen LogP contribution in [-0.4, -0.2) is 17.0 Å². The van der Waals surface area contributed by atoms with Gasteiger partial charge in [-0.2, -0.15) is 0 Å². The number of hydrogen-bond donors (Lipinski definition) is 2. The molecule has 2 rings (SSSR count). The minimum atomic E-state index is -0.456. The second kappa shape index (κ2) is 5.87. The normalized spacial score (nSPS) is 10.2. The van der Waals surface area contributed by atoms with Gasteiger partial charge in [-0.1, -0.05) is 22.0 Å². The van der Waals surface area contributed by atoms with Crippen LogP contribution in [0.25, 0.3) is 0 Å². The van der Waals surface area contributed by atoms with Crippen molar-refractivity contribution >= 4 is 38.9 Å². The van der Waals surface area contributed by atoms with E-state index in [1.54, 1.807) is 13.1 Å². The number of nitrogens with zero attached hydrogens (tertiary/aromatic N) is 2. The Morgan fingerprint density at radius 1 is 1.30 bits per heavy atom. The fourth-order valence-corrected chi connectivity index (χ4v) is 2.05. The molecule has 0 saturated carbocycles. The summed E-state index contributed by atoms with van der Waals surface area (Å²) in [6.45, 7) is 1.92. The Bertz CT molecular complexity index is 661. The Morgan fingerprint density at radius 2 is 2.05 bits per heavy atom. The lowest BCUT2D eigenvalue weighted by atomic mass is 10.2. The average molecular weight is 337 g/mol. The lowest BCUT2D eigenvalue weighted by molar-refractivity contribution is -0.384. The third-order valence-corrected chi connectivity index (χ3v) is 3.27. The number of nitrogens with one attached hydrogen (secondary N) is 2. The van der Waals surface area contributed by atoms with Crippen LogP contribution in [0.2, 0.25) is 0 Å². The van der Waals surface area contributed by atoms with E-state index in [-0.39, 0.29) is 11.5 Å². The second-order valence-electron chi connectivity index (χ2n) is 4.16. The molecule has 0 aliphatic carbocycles. The van der Waals surface area contributed by atoms with Gasteiger partial charge < -0.3 is 10.6 Å². The van der Waals surface area contributed by atoms with Gasteiger partial charge >= 0.3 is 5.69 Å². The molecule has 2 N–H and O–H groups in total. The van der Waals surface area contributed by atoms with Gasteiger partial charge in [0.05, 0.1) is 4.92 Å². The van der Waals surface area contributed by atoms with Crippen molar-refractivity contribution < 1.29 is 4.92 Å². The Hall–Kier alpha value is -2.15. The van der Waals surface area contributed by atoms with Crippen LogP contribution < -0.4 is 10.6 Å². The van der Waals surface area contributed by atoms with Gasteiger partial charge in [-0.25, -0.2) is 4.98 Å². The highest BCUT2D eigenvalue weighted by atomic mass is 79.9. The molecule has 6 nitrogen and oxygen atoms in total. The molecule has 0 radical (unpaired) electrons. The summed E-state index contributed by atoms with van der Waals surface area (Å²) in [5.74, 6) is 0.772. The zero-order valence-electron chi connectivity index (χ0n) is 11.0. The highest BCUT2D eigenvalue weighted by Gasteiger charge is 2.16. The first-order valence-corrected chi connectivity index (χ1v) is 6.67. The standard InChI is InChI=1S/C13H13BrN4O2/c1-8-3-4-9(14)7-10(8)16-13-11(18(19)20)5-6-12(15-2)17-13/h3-7H,1-2H3,(H2,15,16,17). The fourth-order valence-electron chi connectivity index (χ4n) is 1.69. The van der Waals surface area contributed by atoms with Crippen LogP contribution >= 0.6 is 15.9 Å². The number of rotatable bonds is 4. The van der Waals surface area contributed by atoms with Crippen LogP contribution in [0.3, 0.4) is 0 Å². The Balaban J connectivity index is 2.45. The number of anilines is 3. The van der Waals surface area contributed by atoms with E-state index in [1.807, 2.05) is 25.1 Å². The van der Waals surface area contributed by atoms with E-state index in [9.17, 15) is 10.1 Å². The third-order valence-electron chi connectivity index (χ3n) is 2.78. The van der Waals surface area contributed by atoms with E-state index in [2.05, 4.69) is 31.5 Å². The summed E-state index contributed by atoms with van der Waals surface area (Å²) in [4.78, 5) is 14.8. The van der Waals surface area contributed by atoms with Crippen molar-refractivity contribution in [3.8, 4) is 0 Å². The molecule has 0 spiro atoms. The molecule has 1 aromatic heterocycles. The van der Waals surface area contributed by atoms with Gasteiger partial charge in [0.1, 0.15) is 5.82 Å². The largest absolute Gasteiger partial charge is 0.373 e. The first-order valence-electron chi connectivity index (χ1n) is 5.87. The molecule has 0 aliphatic heterocycles. The topological polar surface area (TPSA) is 80.1 Å². The average Bonchev–Trinajstić information content (AvgIpc) is 2.42. The number of hydrogen-bond acceptors (Lipinski definition) is 5. The number of aryl methyl sites for hydroxylation is 1. The van der Waals surface area contributed by atoms with Gasteiger partial charge in [-0.05, 0) is 30.7 Å². The van der Waals surface area contributed by atoms with E-state index in [4.69, 9.17) is 0 Å². The summed E-state index contributed by atoms with van der Waals surface area (Å²) in [6, 6.07) is 8.67. The molecule has 0 saturated heterocycles.